The zero-order chi connectivity index (χ0) is 14.3. The number of nitrogen functional groups attached to an aromatic ring is 1. The summed E-state index contributed by atoms with van der Waals surface area (Å²) in [7, 11) is 1.57. The topological polar surface area (TPSA) is 64.8 Å². The molecule has 0 bridgehead atoms. The Bertz CT molecular complexity index is 421. The van der Waals surface area contributed by atoms with Gasteiger partial charge in [0.15, 0.2) is 0 Å². The van der Waals surface area contributed by atoms with E-state index in [1.165, 1.54) is 0 Å². The molecule has 0 aliphatic carbocycles. The van der Waals surface area contributed by atoms with Crippen molar-refractivity contribution in [2.75, 3.05) is 39.1 Å². The van der Waals surface area contributed by atoms with Gasteiger partial charge in [-0.2, -0.15) is 0 Å². The number of hydrogen-bond acceptors (Lipinski definition) is 4. The Hall–Kier alpha value is -1.75. The summed E-state index contributed by atoms with van der Waals surface area (Å²) < 4.78 is 10.3. The number of nitrogens with two attached hydrogens (primary N) is 1. The van der Waals surface area contributed by atoms with E-state index in [1.807, 2.05) is 13.8 Å². The molecule has 1 amide bonds. The molecular weight excluding hydrogens is 244 g/mol. The Morgan fingerprint density at radius 1 is 1.37 bits per heavy atom. The van der Waals surface area contributed by atoms with Gasteiger partial charge in [-0.25, -0.2) is 0 Å². The zero-order valence-electron chi connectivity index (χ0n) is 11.8. The minimum atomic E-state index is -0.0812. The van der Waals surface area contributed by atoms with Crippen molar-refractivity contribution < 1.29 is 14.3 Å². The molecule has 0 unspecified atom stereocenters. The average molecular weight is 266 g/mol. The molecule has 2 N–H and O–H groups in total. The smallest absolute Gasteiger partial charge is 0.256 e. The summed E-state index contributed by atoms with van der Waals surface area (Å²) in [6.07, 6.45) is 0. The molecule has 0 aliphatic rings. The standard InChI is InChI=1S/C14H22N2O3/c1-4-16(8-9-19-5-2)14(17)12-7-6-11(18-3)10-13(12)15/h6-7,10H,4-5,8-9,15H2,1-3H3. The Morgan fingerprint density at radius 2 is 2.11 bits per heavy atom. The molecule has 0 saturated carbocycles. The quantitative estimate of drug-likeness (QED) is 0.603. The maximum absolute atomic E-state index is 12.3. The lowest BCUT2D eigenvalue weighted by atomic mass is 10.1. The lowest BCUT2D eigenvalue weighted by Crippen LogP contribution is -2.34. The molecule has 0 atom stereocenters. The number of rotatable bonds is 7. The largest absolute Gasteiger partial charge is 0.497 e. The third-order valence-electron chi connectivity index (χ3n) is 2.87. The second kappa shape index (κ2) is 7.63. The normalized spacial score (nSPS) is 10.3. The maximum Gasteiger partial charge on any atom is 0.256 e. The summed E-state index contributed by atoms with van der Waals surface area (Å²) in [5.41, 5.74) is 6.82. The molecule has 0 saturated heterocycles. The fourth-order valence-corrected chi connectivity index (χ4v) is 1.76. The van der Waals surface area contributed by atoms with E-state index in [-0.39, 0.29) is 5.91 Å². The van der Waals surface area contributed by atoms with Crippen molar-refractivity contribution in [3.63, 3.8) is 0 Å². The van der Waals surface area contributed by atoms with Crippen molar-refractivity contribution in [2.45, 2.75) is 13.8 Å². The van der Waals surface area contributed by atoms with Gasteiger partial charge < -0.3 is 20.1 Å². The number of anilines is 1. The number of benzene rings is 1. The van der Waals surface area contributed by atoms with Crippen LogP contribution in [0.2, 0.25) is 0 Å². The number of amides is 1. The highest BCUT2D eigenvalue weighted by Crippen LogP contribution is 2.21. The Morgan fingerprint density at radius 3 is 2.63 bits per heavy atom. The third-order valence-corrected chi connectivity index (χ3v) is 2.87. The highest BCUT2D eigenvalue weighted by Gasteiger charge is 2.16. The highest BCUT2D eigenvalue weighted by molar-refractivity contribution is 5.99. The maximum atomic E-state index is 12.3. The SMILES string of the molecule is CCOCCN(CC)C(=O)c1ccc(OC)cc1N. The molecule has 19 heavy (non-hydrogen) atoms. The number of likely N-dealkylation sites (N-methyl/N-ethyl adjacent to an activating group) is 1. The molecule has 1 aromatic carbocycles. The van der Waals surface area contributed by atoms with Crippen LogP contribution in [-0.2, 0) is 4.74 Å². The van der Waals surface area contributed by atoms with Crippen LogP contribution in [0.15, 0.2) is 18.2 Å². The zero-order valence-corrected chi connectivity index (χ0v) is 11.8. The Labute approximate surface area is 114 Å². The fraction of sp³-hybridized carbons (Fsp3) is 0.500. The Kier molecular flexibility index (Phi) is 6.15. The van der Waals surface area contributed by atoms with E-state index < -0.39 is 0 Å². The van der Waals surface area contributed by atoms with Gasteiger partial charge in [-0.15, -0.1) is 0 Å². The first-order chi connectivity index (χ1) is 9.13. The molecule has 5 heteroatoms. The minimum absolute atomic E-state index is 0.0812. The van der Waals surface area contributed by atoms with Gasteiger partial charge in [0, 0.05) is 31.5 Å². The number of carbonyl (C=O) groups excluding carboxylic acids is 1. The Balaban J connectivity index is 2.79. The van der Waals surface area contributed by atoms with Crippen LogP contribution in [0.25, 0.3) is 0 Å². The molecule has 1 aromatic rings. The molecule has 0 spiro atoms. The molecule has 0 fully saturated rings. The van der Waals surface area contributed by atoms with Crippen molar-refractivity contribution in [1.82, 2.24) is 4.90 Å². The predicted octanol–water partition coefficient (Wildman–Crippen LogP) is 1.78. The average Bonchev–Trinajstić information content (AvgIpc) is 2.43. The van der Waals surface area contributed by atoms with Crippen LogP contribution in [0.1, 0.15) is 24.2 Å². The van der Waals surface area contributed by atoms with Crippen LogP contribution in [0.5, 0.6) is 5.75 Å². The van der Waals surface area contributed by atoms with E-state index in [2.05, 4.69) is 0 Å². The summed E-state index contributed by atoms with van der Waals surface area (Å²) in [6, 6.07) is 5.09. The molecule has 1 rings (SSSR count). The highest BCUT2D eigenvalue weighted by atomic mass is 16.5. The van der Waals surface area contributed by atoms with Crippen molar-refractivity contribution >= 4 is 11.6 Å². The lowest BCUT2D eigenvalue weighted by molar-refractivity contribution is 0.0670. The third kappa shape index (κ3) is 4.13. The second-order valence-corrected chi connectivity index (χ2v) is 4.03. The van der Waals surface area contributed by atoms with E-state index in [4.69, 9.17) is 15.2 Å². The number of methoxy groups -OCH3 is 1. The summed E-state index contributed by atoms with van der Waals surface area (Å²) in [5, 5.41) is 0. The van der Waals surface area contributed by atoms with E-state index in [9.17, 15) is 4.79 Å². The van der Waals surface area contributed by atoms with Gasteiger partial charge in [-0.05, 0) is 26.0 Å². The van der Waals surface area contributed by atoms with Gasteiger partial charge in [0.25, 0.3) is 5.91 Å². The second-order valence-electron chi connectivity index (χ2n) is 4.03. The van der Waals surface area contributed by atoms with Gasteiger partial charge in [0.05, 0.1) is 19.3 Å². The van der Waals surface area contributed by atoms with Gasteiger partial charge in [0.1, 0.15) is 5.75 Å². The van der Waals surface area contributed by atoms with Crippen LogP contribution in [0.3, 0.4) is 0 Å². The molecule has 0 aliphatic heterocycles. The summed E-state index contributed by atoms with van der Waals surface area (Å²) in [4.78, 5) is 14.1. The molecule has 0 radical (unpaired) electrons. The van der Waals surface area contributed by atoms with Gasteiger partial charge in [-0.1, -0.05) is 0 Å². The van der Waals surface area contributed by atoms with Crippen molar-refractivity contribution in [1.29, 1.82) is 0 Å². The fourth-order valence-electron chi connectivity index (χ4n) is 1.76. The van der Waals surface area contributed by atoms with E-state index in [0.717, 1.165) is 0 Å². The first-order valence-corrected chi connectivity index (χ1v) is 6.44. The van der Waals surface area contributed by atoms with Gasteiger partial charge in [0.2, 0.25) is 0 Å². The van der Waals surface area contributed by atoms with E-state index >= 15 is 0 Å². The predicted molar refractivity (Wildman–Crippen MR) is 75.5 cm³/mol. The number of hydrogen-bond donors (Lipinski definition) is 1. The van der Waals surface area contributed by atoms with Crippen molar-refractivity contribution in [2.24, 2.45) is 0 Å². The first kappa shape index (κ1) is 15.3. The van der Waals surface area contributed by atoms with Crippen LogP contribution < -0.4 is 10.5 Å². The number of ether oxygens (including phenoxy) is 2. The molecule has 106 valence electrons. The summed E-state index contributed by atoms with van der Waals surface area (Å²) in [5.74, 6) is 0.564. The lowest BCUT2D eigenvalue weighted by Gasteiger charge is -2.21. The number of carbonyl (C=O) groups is 1. The van der Waals surface area contributed by atoms with Crippen LogP contribution >= 0.6 is 0 Å². The minimum Gasteiger partial charge on any atom is -0.497 e. The monoisotopic (exact) mass is 266 g/mol. The van der Waals surface area contributed by atoms with Gasteiger partial charge in [-0.3, -0.25) is 4.79 Å². The van der Waals surface area contributed by atoms with Crippen LogP contribution in [-0.4, -0.2) is 44.2 Å². The van der Waals surface area contributed by atoms with Crippen LogP contribution in [0, 0.1) is 0 Å². The van der Waals surface area contributed by atoms with Crippen molar-refractivity contribution in [3.8, 4) is 5.75 Å². The number of nitrogens with zero attached hydrogens (tertiary/aromatic N) is 1. The van der Waals surface area contributed by atoms with Crippen LogP contribution in [0.4, 0.5) is 5.69 Å². The summed E-state index contributed by atoms with van der Waals surface area (Å²) in [6.45, 7) is 6.23. The molecular formula is C14H22N2O3. The van der Waals surface area contributed by atoms with Gasteiger partial charge >= 0.3 is 0 Å². The summed E-state index contributed by atoms with van der Waals surface area (Å²) >= 11 is 0. The van der Waals surface area contributed by atoms with Crippen molar-refractivity contribution in [3.05, 3.63) is 23.8 Å². The van der Waals surface area contributed by atoms with E-state index in [1.54, 1.807) is 30.2 Å². The molecule has 0 aromatic heterocycles. The molecule has 5 nitrogen and oxygen atoms in total. The van der Waals surface area contributed by atoms with E-state index in [0.29, 0.717) is 43.3 Å². The first-order valence-electron chi connectivity index (χ1n) is 6.44. The molecule has 0 heterocycles.